The molecule has 1 atom stereocenters. The van der Waals surface area contributed by atoms with Gasteiger partial charge in [-0.15, -0.1) is 12.4 Å². The molecule has 1 aliphatic rings. The average molecular weight is 330 g/mol. The molecule has 1 aliphatic carbocycles. The number of hydrogen-bond donors (Lipinski definition) is 1. The Bertz CT molecular complexity index is 519. The van der Waals surface area contributed by atoms with E-state index in [9.17, 15) is 14.9 Å². The quantitative estimate of drug-likeness (QED) is 0.603. The molecule has 0 bridgehead atoms. The molecule has 1 aromatic rings. The molecule has 122 valence electrons. The highest BCUT2D eigenvalue weighted by Gasteiger charge is 2.34. The second-order valence-corrected chi connectivity index (χ2v) is 5.18. The van der Waals surface area contributed by atoms with Crippen LogP contribution in [-0.4, -0.2) is 41.5 Å². The molecule has 0 radical (unpaired) electrons. The zero-order chi connectivity index (χ0) is 15.4. The van der Waals surface area contributed by atoms with E-state index in [0.717, 1.165) is 18.4 Å². The lowest BCUT2D eigenvalue weighted by Gasteiger charge is -2.25. The molecule has 0 aliphatic heterocycles. The molecule has 0 aromatic heterocycles. The number of non-ortho nitro benzene ring substituents is 1. The number of carbonyl (C=O) groups is 1. The van der Waals surface area contributed by atoms with Crippen LogP contribution in [0.15, 0.2) is 24.3 Å². The van der Waals surface area contributed by atoms with Gasteiger partial charge in [-0.1, -0.05) is 12.1 Å². The summed E-state index contributed by atoms with van der Waals surface area (Å²) in [6.07, 6.45) is 1.94. The van der Waals surface area contributed by atoms with Crippen LogP contribution >= 0.6 is 12.4 Å². The lowest BCUT2D eigenvalue weighted by molar-refractivity contribution is -0.384. The third-order valence-corrected chi connectivity index (χ3v) is 3.43. The molecule has 1 amide bonds. The standard InChI is InChI=1S/C14H19N3O4.ClH/c1-21-9-13(15)14(18)16(11-6-7-11)8-10-2-4-12(5-3-10)17(19)20;/h2-5,11,13H,6-9,15H2,1H3;1H. The van der Waals surface area contributed by atoms with E-state index < -0.39 is 11.0 Å². The number of halogens is 1. The van der Waals surface area contributed by atoms with Crippen LogP contribution in [0.1, 0.15) is 18.4 Å². The Balaban J connectivity index is 0.00000242. The first kappa shape index (κ1) is 18.3. The van der Waals surface area contributed by atoms with E-state index in [1.54, 1.807) is 17.0 Å². The molecular weight excluding hydrogens is 310 g/mol. The zero-order valence-corrected chi connectivity index (χ0v) is 13.1. The van der Waals surface area contributed by atoms with E-state index in [0.29, 0.717) is 6.54 Å². The monoisotopic (exact) mass is 329 g/mol. The highest BCUT2D eigenvalue weighted by atomic mass is 35.5. The van der Waals surface area contributed by atoms with Crippen molar-refractivity contribution in [1.29, 1.82) is 0 Å². The predicted molar refractivity (Wildman–Crippen MR) is 83.8 cm³/mol. The fourth-order valence-electron chi connectivity index (χ4n) is 2.16. The van der Waals surface area contributed by atoms with Gasteiger partial charge in [0, 0.05) is 31.8 Å². The normalized spacial score (nSPS) is 14.8. The van der Waals surface area contributed by atoms with Crippen molar-refractivity contribution < 1.29 is 14.5 Å². The number of carbonyl (C=O) groups excluding carboxylic acids is 1. The summed E-state index contributed by atoms with van der Waals surface area (Å²) in [5, 5.41) is 10.6. The molecule has 7 nitrogen and oxygen atoms in total. The molecular formula is C14H20ClN3O4. The fourth-order valence-corrected chi connectivity index (χ4v) is 2.16. The van der Waals surface area contributed by atoms with Crippen molar-refractivity contribution >= 4 is 24.0 Å². The highest BCUT2D eigenvalue weighted by molar-refractivity contribution is 5.85. The average Bonchev–Trinajstić information content (AvgIpc) is 3.29. The van der Waals surface area contributed by atoms with E-state index in [1.165, 1.54) is 19.2 Å². The largest absolute Gasteiger partial charge is 0.383 e. The summed E-state index contributed by atoms with van der Waals surface area (Å²) in [4.78, 5) is 24.2. The number of nitro benzene ring substituents is 1. The van der Waals surface area contributed by atoms with Crippen LogP contribution in [0.3, 0.4) is 0 Å². The maximum atomic E-state index is 12.3. The molecule has 0 heterocycles. The van der Waals surface area contributed by atoms with Crippen molar-refractivity contribution in [2.75, 3.05) is 13.7 Å². The topological polar surface area (TPSA) is 98.7 Å². The van der Waals surface area contributed by atoms with Crippen LogP contribution in [0.2, 0.25) is 0 Å². The Morgan fingerprint density at radius 2 is 2.05 bits per heavy atom. The molecule has 22 heavy (non-hydrogen) atoms. The van der Waals surface area contributed by atoms with Crippen molar-refractivity contribution in [1.82, 2.24) is 4.90 Å². The van der Waals surface area contributed by atoms with Gasteiger partial charge >= 0.3 is 0 Å². The van der Waals surface area contributed by atoms with E-state index >= 15 is 0 Å². The number of hydrogen-bond acceptors (Lipinski definition) is 5. The van der Waals surface area contributed by atoms with Crippen LogP contribution < -0.4 is 5.73 Å². The lowest BCUT2D eigenvalue weighted by Crippen LogP contribution is -2.46. The second-order valence-electron chi connectivity index (χ2n) is 5.18. The van der Waals surface area contributed by atoms with E-state index in [2.05, 4.69) is 0 Å². The van der Waals surface area contributed by atoms with Crippen LogP contribution in [0.25, 0.3) is 0 Å². The lowest BCUT2D eigenvalue weighted by atomic mass is 10.1. The molecule has 2 rings (SSSR count). The minimum Gasteiger partial charge on any atom is -0.383 e. The van der Waals surface area contributed by atoms with Crippen molar-refractivity contribution in [2.24, 2.45) is 5.73 Å². The van der Waals surface area contributed by atoms with E-state index in [4.69, 9.17) is 10.5 Å². The summed E-state index contributed by atoms with van der Waals surface area (Å²) in [6.45, 7) is 0.598. The number of nitrogens with two attached hydrogens (primary N) is 1. The summed E-state index contributed by atoms with van der Waals surface area (Å²) in [6, 6.07) is 5.77. The number of ether oxygens (including phenoxy) is 1. The Hall–Kier alpha value is -1.70. The van der Waals surface area contributed by atoms with Gasteiger partial charge in [-0.2, -0.15) is 0 Å². The number of nitro groups is 1. The summed E-state index contributed by atoms with van der Waals surface area (Å²) < 4.78 is 4.92. The minimum absolute atomic E-state index is 0. The predicted octanol–water partition coefficient (Wildman–Crippen LogP) is 1.48. The number of benzene rings is 1. The van der Waals surface area contributed by atoms with Gasteiger partial charge in [0.2, 0.25) is 5.91 Å². The van der Waals surface area contributed by atoms with Crippen LogP contribution in [0.4, 0.5) is 5.69 Å². The molecule has 2 N–H and O–H groups in total. The maximum absolute atomic E-state index is 12.3. The van der Waals surface area contributed by atoms with Gasteiger partial charge in [-0.25, -0.2) is 0 Å². The first-order valence-electron chi connectivity index (χ1n) is 6.81. The van der Waals surface area contributed by atoms with Gasteiger partial charge in [0.05, 0.1) is 11.5 Å². The molecule has 1 aromatic carbocycles. The van der Waals surface area contributed by atoms with Gasteiger partial charge in [-0.05, 0) is 18.4 Å². The first-order valence-corrected chi connectivity index (χ1v) is 6.81. The van der Waals surface area contributed by atoms with Gasteiger partial charge < -0.3 is 15.4 Å². The molecule has 8 heteroatoms. The van der Waals surface area contributed by atoms with Crippen molar-refractivity contribution in [3.05, 3.63) is 39.9 Å². The van der Waals surface area contributed by atoms with Gasteiger partial charge in [0.25, 0.3) is 5.69 Å². The summed E-state index contributed by atoms with van der Waals surface area (Å²) in [5.74, 6) is -0.141. The smallest absolute Gasteiger partial charge is 0.269 e. The summed E-state index contributed by atoms with van der Waals surface area (Å²) in [7, 11) is 1.50. The molecule has 1 saturated carbocycles. The Kier molecular flexibility index (Phi) is 6.73. The summed E-state index contributed by atoms with van der Waals surface area (Å²) >= 11 is 0. The van der Waals surface area contributed by atoms with Crippen molar-refractivity contribution in [3.63, 3.8) is 0 Å². The van der Waals surface area contributed by atoms with Crippen LogP contribution in [0, 0.1) is 10.1 Å². The van der Waals surface area contributed by atoms with E-state index in [-0.39, 0.29) is 36.7 Å². The highest BCUT2D eigenvalue weighted by Crippen LogP contribution is 2.29. The zero-order valence-electron chi connectivity index (χ0n) is 12.3. The molecule has 1 fully saturated rings. The maximum Gasteiger partial charge on any atom is 0.269 e. The third kappa shape index (κ3) is 4.66. The number of nitrogens with zero attached hydrogens (tertiary/aromatic N) is 2. The molecule has 0 spiro atoms. The van der Waals surface area contributed by atoms with Crippen molar-refractivity contribution in [2.45, 2.75) is 31.5 Å². The van der Waals surface area contributed by atoms with Gasteiger partial charge in [0.1, 0.15) is 6.04 Å². The van der Waals surface area contributed by atoms with Crippen LogP contribution in [0.5, 0.6) is 0 Å². The Morgan fingerprint density at radius 3 is 2.50 bits per heavy atom. The molecule has 0 saturated heterocycles. The number of amides is 1. The minimum atomic E-state index is -0.673. The van der Waals surface area contributed by atoms with Crippen molar-refractivity contribution in [3.8, 4) is 0 Å². The fraction of sp³-hybridized carbons (Fsp3) is 0.500. The SMILES string of the molecule is COCC(N)C(=O)N(Cc1ccc([N+](=O)[O-])cc1)C1CC1.Cl. The van der Waals surface area contributed by atoms with Crippen LogP contribution in [-0.2, 0) is 16.1 Å². The third-order valence-electron chi connectivity index (χ3n) is 3.43. The first-order chi connectivity index (χ1) is 10.0. The van der Waals surface area contributed by atoms with Gasteiger partial charge in [-0.3, -0.25) is 14.9 Å². The second kappa shape index (κ2) is 8.07. The number of methoxy groups -OCH3 is 1. The summed E-state index contributed by atoms with van der Waals surface area (Å²) in [5.41, 5.74) is 6.70. The Labute approximate surface area is 135 Å². The van der Waals surface area contributed by atoms with Gasteiger partial charge in [0.15, 0.2) is 0 Å². The Morgan fingerprint density at radius 1 is 1.45 bits per heavy atom. The molecule has 1 unspecified atom stereocenters. The number of rotatable bonds is 7. The van der Waals surface area contributed by atoms with E-state index in [1.807, 2.05) is 0 Å².